The lowest BCUT2D eigenvalue weighted by Gasteiger charge is -2.21. The van der Waals surface area contributed by atoms with E-state index < -0.39 is 11.7 Å². The first-order chi connectivity index (χ1) is 14.6. The monoisotopic (exact) mass is 406 g/mol. The smallest absolute Gasteiger partial charge is 0.410 e. The molecule has 2 amide bonds. The van der Waals surface area contributed by atoms with E-state index in [9.17, 15) is 14.4 Å². The molecule has 1 saturated heterocycles. The SMILES string of the molecule is O=C(OCc1ccccc1)N1CCCN(C(=O)c2cc3ccccc3oc2=O)CC1. The molecule has 1 aliphatic heterocycles. The van der Waals surface area contributed by atoms with Gasteiger partial charge in [0.05, 0.1) is 0 Å². The molecular formula is C23H22N2O5. The Kier molecular flexibility index (Phi) is 5.79. The number of carbonyl (C=O) groups excluding carboxylic acids is 2. The van der Waals surface area contributed by atoms with E-state index in [0.717, 1.165) is 5.56 Å². The number of nitrogens with zero attached hydrogens (tertiary/aromatic N) is 2. The average molecular weight is 406 g/mol. The van der Waals surface area contributed by atoms with Gasteiger partial charge in [-0.1, -0.05) is 48.5 Å². The summed E-state index contributed by atoms with van der Waals surface area (Å²) in [7, 11) is 0. The molecule has 1 aliphatic rings. The Labute approximate surface area is 173 Å². The first-order valence-electron chi connectivity index (χ1n) is 9.89. The molecule has 0 bridgehead atoms. The number of para-hydroxylation sites is 1. The van der Waals surface area contributed by atoms with E-state index in [-0.39, 0.29) is 18.1 Å². The summed E-state index contributed by atoms with van der Waals surface area (Å²) in [6.07, 6.45) is 0.198. The van der Waals surface area contributed by atoms with Crippen LogP contribution in [-0.4, -0.2) is 48.0 Å². The zero-order chi connectivity index (χ0) is 20.9. The maximum Gasteiger partial charge on any atom is 0.410 e. The lowest BCUT2D eigenvalue weighted by molar-refractivity contribution is 0.0745. The average Bonchev–Trinajstić information content (AvgIpc) is 3.04. The van der Waals surface area contributed by atoms with Crippen molar-refractivity contribution in [2.24, 2.45) is 0 Å². The molecule has 0 atom stereocenters. The van der Waals surface area contributed by atoms with Crippen LogP contribution < -0.4 is 5.63 Å². The van der Waals surface area contributed by atoms with Crippen molar-refractivity contribution in [3.63, 3.8) is 0 Å². The molecule has 0 saturated carbocycles. The van der Waals surface area contributed by atoms with E-state index in [2.05, 4.69) is 0 Å². The molecule has 1 fully saturated rings. The summed E-state index contributed by atoms with van der Waals surface area (Å²) in [6.45, 7) is 1.82. The molecule has 0 N–H and O–H groups in total. The van der Waals surface area contributed by atoms with Crippen molar-refractivity contribution in [1.29, 1.82) is 0 Å². The van der Waals surface area contributed by atoms with Crippen molar-refractivity contribution in [2.45, 2.75) is 13.0 Å². The van der Waals surface area contributed by atoms with Crippen molar-refractivity contribution in [3.8, 4) is 0 Å². The number of benzene rings is 2. The minimum absolute atomic E-state index is 0.00815. The van der Waals surface area contributed by atoms with Gasteiger partial charge in [0.1, 0.15) is 17.8 Å². The van der Waals surface area contributed by atoms with E-state index in [0.29, 0.717) is 43.6 Å². The van der Waals surface area contributed by atoms with E-state index in [1.165, 1.54) is 0 Å². The first-order valence-corrected chi connectivity index (χ1v) is 9.89. The van der Waals surface area contributed by atoms with Crippen molar-refractivity contribution in [3.05, 3.63) is 82.2 Å². The standard InChI is InChI=1S/C23H22N2O5/c26-21(19-15-18-9-4-5-10-20(18)30-22(19)27)24-11-6-12-25(14-13-24)23(28)29-16-17-7-2-1-3-8-17/h1-5,7-10,15H,6,11-14,16H2. The predicted octanol–water partition coefficient (Wildman–Crippen LogP) is 3.28. The lowest BCUT2D eigenvalue weighted by atomic mass is 10.1. The van der Waals surface area contributed by atoms with Gasteiger partial charge in [0, 0.05) is 31.6 Å². The summed E-state index contributed by atoms with van der Waals surface area (Å²) in [6, 6.07) is 18.1. The molecule has 0 spiro atoms. The van der Waals surface area contributed by atoms with Crippen LogP contribution in [0.15, 0.2) is 69.9 Å². The van der Waals surface area contributed by atoms with Gasteiger partial charge < -0.3 is 19.0 Å². The van der Waals surface area contributed by atoms with Crippen LogP contribution in [0.5, 0.6) is 0 Å². The topological polar surface area (TPSA) is 80.1 Å². The lowest BCUT2D eigenvalue weighted by Crippen LogP contribution is -2.38. The van der Waals surface area contributed by atoms with Crippen molar-refractivity contribution >= 4 is 23.0 Å². The molecule has 0 aliphatic carbocycles. The zero-order valence-corrected chi connectivity index (χ0v) is 16.5. The van der Waals surface area contributed by atoms with Gasteiger partial charge in [0.15, 0.2) is 0 Å². The fraction of sp³-hybridized carbons (Fsp3) is 0.261. The van der Waals surface area contributed by atoms with Crippen LogP contribution in [0.3, 0.4) is 0 Å². The van der Waals surface area contributed by atoms with Gasteiger partial charge in [-0.15, -0.1) is 0 Å². The van der Waals surface area contributed by atoms with Crippen LogP contribution >= 0.6 is 0 Å². The molecule has 30 heavy (non-hydrogen) atoms. The second-order valence-electron chi connectivity index (χ2n) is 7.16. The number of amides is 2. The van der Waals surface area contributed by atoms with E-state index in [1.54, 1.807) is 34.1 Å². The largest absolute Gasteiger partial charge is 0.445 e. The summed E-state index contributed by atoms with van der Waals surface area (Å²) in [4.78, 5) is 40.8. The number of rotatable bonds is 3. The molecule has 1 aromatic heterocycles. The minimum Gasteiger partial charge on any atom is -0.445 e. The summed E-state index contributed by atoms with van der Waals surface area (Å²) in [5.74, 6) is -0.381. The van der Waals surface area contributed by atoms with Crippen LogP contribution in [0, 0.1) is 0 Å². The number of hydrogen-bond acceptors (Lipinski definition) is 5. The fourth-order valence-corrected chi connectivity index (χ4v) is 3.50. The Morgan fingerprint density at radius 2 is 1.60 bits per heavy atom. The first kappa shape index (κ1) is 19.7. The normalized spacial score (nSPS) is 14.4. The van der Waals surface area contributed by atoms with Crippen LogP contribution in [0.1, 0.15) is 22.3 Å². The summed E-state index contributed by atoms with van der Waals surface area (Å²) in [5.41, 5.74) is 0.721. The van der Waals surface area contributed by atoms with Crippen LogP contribution in [-0.2, 0) is 11.3 Å². The van der Waals surface area contributed by atoms with Gasteiger partial charge in [-0.2, -0.15) is 0 Å². The van der Waals surface area contributed by atoms with Gasteiger partial charge in [-0.3, -0.25) is 4.79 Å². The molecule has 3 aromatic rings. The van der Waals surface area contributed by atoms with Crippen molar-refractivity contribution in [2.75, 3.05) is 26.2 Å². The molecule has 2 aromatic carbocycles. The molecular weight excluding hydrogens is 384 g/mol. The van der Waals surface area contributed by atoms with Gasteiger partial charge in [0.25, 0.3) is 5.91 Å². The third kappa shape index (κ3) is 4.35. The summed E-state index contributed by atoms with van der Waals surface area (Å²) in [5, 5.41) is 0.696. The second kappa shape index (κ2) is 8.82. The Bertz CT molecular complexity index is 1110. The quantitative estimate of drug-likeness (QED) is 0.624. The van der Waals surface area contributed by atoms with Gasteiger partial charge in [0.2, 0.25) is 0 Å². The fourth-order valence-electron chi connectivity index (χ4n) is 3.50. The Morgan fingerprint density at radius 3 is 2.43 bits per heavy atom. The van der Waals surface area contributed by atoms with Crippen molar-refractivity contribution < 1.29 is 18.7 Å². The van der Waals surface area contributed by atoms with Gasteiger partial charge >= 0.3 is 11.7 Å². The highest BCUT2D eigenvalue weighted by Gasteiger charge is 2.25. The van der Waals surface area contributed by atoms with E-state index in [4.69, 9.17) is 9.15 Å². The van der Waals surface area contributed by atoms with Gasteiger partial charge in [-0.25, -0.2) is 9.59 Å². The van der Waals surface area contributed by atoms with Gasteiger partial charge in [-0.05, 0) is 24.1 Å². The summed E-state index contributed by atoms with van der Waals surface area (Å²) < 4.78 is 10.7. The highest BCUT2D eigenvalue weighted by molar-refractivity contribution is 5.96. The Morgan fingerprint density at radius 1 is 0.900 bits per heavy atom. The Balaban J connectivity index is 1.40. The third-order valence-electron chi connectivity index (χ3n) is 5.12. The second-order valence-corrected chi connectivity index (χ2v) is 7.16. The maximum absolute atomic E-state index is 12.9. The summed E-state index contributed by atoms with van der Waals surface area (Å²) >= 11 is 0. The molecule has 0 unspecified atom stereocenters. The molecule has 7 heteroatoms. The number of ether oxygens (including phenoxy) is 1. The molecule has 4 rings (SSSR count). The van der Waals surface area contributed by atoms with Crippen LogP contribution in [0.4, 0.5) is 4.79 Å². The number of carbonyl (C=O) groups is 2. The zero-order valence-electron chi connectivity index (χ0n) is 16.5. The molecule has 7 nitrogen and oxygen atoms in total. The van der Waals surface area contributed by atoms with Crippen molar-refractivity contribution in [1.82, 2.24) is 9.80 Å². The molecule has 2 heterocycles. The minimum atomic E-state index is -0.651. The third-order valence-corrected chi connectivity index (χ3v) is 5.12. The molecule has 0 radical (unpaired) electrons. The van der Waals surface area contributed by atoms with E-state index >= 15 is 0 Å². The maximum atomic E-state index is 12.9. The van der Waals surface area contributed by atoms with E-state index in [1.807, 2.05) is 36.4 Å². The highest BCUT2D eigenvalue weighted by Crippen LogP contribution is 2.15. The van der Waals surface area contributed by atoms with Crippen LogP contribution in [0.2, 0.25) is 0 Å². The highest BCUT2D eigenvalue weighted by atomic mass is 16.6. The van der Waals surface area contributed by atoms with Crippen LogP contribution in [0.25, 0.3) is 11.0 Å². The predicted molar refractivity (Wildman–Crippen MR) is 111 cm³/mol. The molecule has 154 valence electrons. The number of fused-ring (bicyclic) bond motifs is 1. The Hall–Kier alpha value is -3.61. The number of hydrogen-bond donors (Lipinski definition) is 0.